The molecule has 0 aliphatic carbocycles. The van der Waals surface area contributed by atoms with Crippen LogP contribution in [0.3, 0.4) is 0 Å². The molecule has 1 unspecified atom stereocenters. The van der Waals surface area contributed by atoms with Crippen molar-refractivity contribution in [2.45, 2.75) is 0 Å². The van der Waals surface area contributed by atoms with Crippen molar-refractivity contribution in [3.63, 3.8) is 0 Å². The van der Waals surface area contributed by atoms with Crippen LogP contribution in [-0.4, -0.2) is 5.11 Å². The van der Waals surface area contributed by atoms with Gasteiger partial charge in [0.25, 0.3) is 0 Å². The molecule has 0 bridgehead atoms. The molecular weight excluding hydrogens is 286 g/mol. The molecule has 2 rings (SSSR count). The Labute approximate surface area is 122 Å². The summed E-state index contributed by atoms with van der Waals surface area (Å²) in [5, 5.41) is 9.17. The van der Waals surface area contributed by atoms with Gasteiger partial charge < -0.3 is 12.5 Å². The number of aliphatic hydroxyl groups is 1. The van der Waals surface area contributed by atoms with E-state index in [2.05, 4.69) is 15.3 Å². The maximum absolute atomic E-state index is 9.17. The number of aliphatic hydroxyl groups excluding tert-OH is 1. The van der Waals surface area contributed by atoms with Crippen molar-refractivity contribution in [3.8, 4) is 0 Å². The molecule has 1 atom stereocenters. The van der Waals surface area contributed by atoms with Crippen LogP contribution in [0.1, 0.15) is 5.56 Å². The number of hydrogen-bond donors (Lipinski definition) is 1. The number of hydrogen-bond acceptors (Lipinski definition) is 1. The molecule has 18 heavy (non-hydrogen) atoms. The fourth-order valence-electron chi connectivity index (χ4n) is 1.05. The first kappa shape index (κ1) is 19.2. The maximum Gasteiger partial charge on any atom is 2.00 e. The SMILES string of the molecule is O/C(=C\P)c1ccccc1.[CH3-].[Ni+2].[c-]1ccccc1. The van der Waals surface area contributed by atoms with Gasteiger partial charge in [0, 0.05) is 5.56 Å². The van der Waals surface area contributed by atoms with Gasteiger partial charge in [-0.3, -0.25) is 0 Å². The van der Waals surface area contributed by atoms with Crippen LogP contribution in [0.25, 0.3) is 5.76 Å². The molecule has 0 saturated heterocycles. The second-order valence-corrected chi connectivity index (χ2v) is 3.33. The smallest absolute Gasteiger partial charge is 0.507 e. The predicted molar refractivity (Wildman–Crippen MR) is 78.4 cm³/mol. The van der Waals surface area contributed by atoms with E-state index in [1.807, 2.05) is 60.7 Å². The summed E-state index contributed by atoms with van der Waals surface area (Å²) in [6, 6.07) is 21.9. The van der Waals surface area contributed by atoms with Gasteiger partial charge in [-0.15, -0.1) is 9.24 Å². The van der Waals surface area contributed by atoms with E-state index in [4.69, 9.17) is 5.11 Å². The minimum Gasteiger partial charge on any atom is -0.507 e. The van der Waals surface area contributed by atoms with Gasteiger partial charge in [0.05, 0.1) is 0 Å². The first-order valence-corrected chi connectivity index (χ1v) is 5.58. The van der Waals surface area contributed by atoms with E-state index in [0.717, 1.165) is 5.56 Å². The largest absolute Gasteiger partial charge is 2.00 e. The second-order valence-electron chi connectivity index (χ2n) is 3.00. The van der Waals surface area contributed by atoms with Crippen molar-refractivity contribution in [1.29, 1.82) is 0 Å². The van der Waals surface area contributed by atoms with Crippen LogP contribution < -0.4 is 0 Å². The molecule has 98 valence electrons. The summed E-state index contributed by atoms with van der Waals surface area (Å²) in [5.74, 6) is 1.89. The zero-order chi connectivity index (χ0) is 11.6. The van der Waals surface area contributed by atoms with Gasteiger partial charge in [-0.2, -0.15) is 36.4 Å². The summed E-state index contributed by atoms with van der Waals surface area (Å²) in [6.07, 6.45) is 0. The van der Waals surface area contributed by atoms with E-state index in [-0.39, 0.29) is 23.9 Å². The Hall–Kier alpha value is -1.10. The van der Waals surface area contributed by atoms with Gasteiger partial charge in [0.15, 0.2) is 0 Å². The van der Waals surface area contributed by atoms with Gasteiger partial charge in [-0.05, 0) is 5.82 Å². The summed E-state index contributed by atoms with van der Waals surface area (Å²) in [5.41, 5.74) is 0.845. The molecule has 3 heteroatoms. The Morgan fingerprint density at radius 3 is 1.83 bits per heavy atom. The van der Waals surface area contributed by atoms with Crippen LogP contribution in [0.2, 0.25) is 0 Å². The normalized spacial score (nSPS) is 9.06. The van der Waals surface area contributed by atoms with Crippen molar-refractivity contribution in [2.75, 3.05) is 0 Å². The van der Waals surface area contributed by atoms with Gasteiger partial charge in [0.1, 0.15) is 5.76 Å². The minimum atomic E-state index is 0. The van der Waals surface area contributed by atoms with E-state index in [1.165, 1.54) is 0 Å². The molecule has 1 nitrogen and oxygen atoms in total. The Kier molecular flexibility index (Phi) is 13.2. The minimum absolute atomic E-state index is 0. The number of rotatable bonds is 1. The average Bonchev–Trinajstić information content (AvgIpc) is 2.41. The van der Waals surface area contributed by atoms with Gasteiger partial charge in [-0.25, -0.2) is 0 Å². The third-order valence-corrected chi connectivity index (χ3v) is 2.15. The summed E-state index contributed by atoms with van der Waals surface area (Å²) >= 11 is 0. The molecule has 0 aliphatic rings. The van der Waals surface area contributed by atoms with Crippen molar-refractivity contribution in [1.82, 2.24) is 0 Å². The summed E-state index contributed by atoms with van der Waals surface area (Å²) in [6.45, 7) is 0. The van der Waals surface area contributed by atoms with Crippen LogP contribution in [0.4, 0.5) is 0 Å². The molecule has 0 fully saturated rings. The van der Waals surface area contributed by atoms with Crippen LogP contribution in [0, 0.1) is 13.5 Å². The number of benzene rings is 2. The molecule has 1 N–H and O–H groups in total. The van der Waals surface area contributed by atoms with E-state index in [0.29, 0.717) is 5.76 Å². The average molecular weight is 303 g/mol. The van der Waals surface area contributed by atoms with Gasteiger partial charge in [-0.1, -0.05) is 30.3 Å². The van der Waals surface area contributed by atoms with E-state index >= 15 is 0 Å². The van der Waals surface area contributed by atoms with E-state index < -0.39 is 0 Å². The van der Waals surface area contributed by atoms with Crippen LogP contribution in [-0.2, 0) is 16.5 Å². The molecule has 2 aromatic rings. The standard InChI is InChI=1S/C8H9OP.C6H5.CH3.Ni/c9-8(6-10)7-4-2-1-3-5-7;1-2-4-6-5-3-1;;/h1-6,9H,10H2;1-5H;1H3;/q;2*-1;+2/b8-6-;;;. The molecule has 0 saturated carbocycles. The molecule has 0 aromatic heterocycles. The molecule has 0 heterocycles. The van der Waals surface area contributed by atoms with Crippen molar-refractivity contribution < 1.29 is 21.6 Å². The van der Waals surface area contributed by atoms with Gasteiger partial charge in [0.2, 0.25) is 0 Å². The van der Waals surface area contributed by atoms with Crippen molar-refractivity contribution >= 4 is 15.0 Å². The van der Waals surface area contributed by atoms with Crippen molar-refractivity contribution in [2.24, 2.45) is 0 Å². The quantitative estimate of drug-likeness (QED) is 0.359. The molecule has 0 spiro atoms. The third kappa shape index (κ3) is 8.06. The van der Waals surface area contributed by atoms with Crippen LogP contribution in [0.15, 0.2) is 66.5 Å². The zero-order valence-electron chi connectivity index (χ0n) is 10.2. The Morgan fingerprint density at radius 1 is 1.00 bits per heavy atom. The van der Waals surface area contributed by atoms with E-state index in [9.17, 15) is 0 Å². The summed E-state index contributed by atoms with van der Waals surface area (Å²) in [7, 11) is 2.36. The first-order chi connectivity index (χ1) is 7.84. The monoisotopic (exact) mass is 302 g/mol. The van der Waals surface area contributed by atoms with E-state index in [1.54, 1.807) is 5.82 Å². The topological polar surface area (TPSA) is 20.2 Å². The van der Waals surface area contributed by atoms with Crippen molar-refractivity contribution in [3.05, 3.63) is 85.5 Å². The van der Waals surface area contributed by atoms with Crippen LogP contribution >= 0.6 is 9.24 Å². The predicted octanol–water partition coefficient (Wildman–Crippen LogP) is 4.35. The Morgan fingerprint density at radius 2 is 1.50 bits per heavy atom. The van der Waals surface area contributed by atoms with Crippen LogP contribution in [0.5, 0.6) is 0 Å². The Bertz CT molecular complexity index is 388. The molecule has 2 aromatic carbocycles. The fraction of sp³-hybridized carbons (Fsp3) is 0. The molecular formula is C15H17NiOP. The first-order valence-electron chi connectivity index (χ1n) is 4.92. The summed E-state index contributed by atoms with van der Waals surface area (Å²) < 4.78 is 0. The fourth-order valence-corrected chi connectivity index (χ4v) is 1.24. The molecule has 0 radical (unpaired) electrons. The Balaban J connectivity index is 0. The van der Waals surface area contributed by atoms with Gasteiger partial charge >= 0.3 is 16.5 Å². The molecule has 0 amide bonds. The second kappa shape index (κ2) is 12.4. The third-order valence-electron chi connectivity index (χ3n) is 1.83. The molecule has 0 aliphatic heterocycles. The summed E-state index contributed by atoms with van der Waals surface area (Å²) in [4.78, 5) is 0. The zero-order valence-corrected chi connectivity index (χ0v) is 12.3. The maximum atomic E-state index is 9.17.